The lowest BCUT2D eigenvalue weighted by Gasteiger charge is -2.23. The summed E-state index contributed by atoms with van der Waals surface area (Å²) < 4.78 is 7.17. The van der Waals surface area contributed by atoms with Gasteiger partial charge in [0.1, 0.15) is 0 Å². The number of nitrogens with zero attached hydrogens (tertiary/aromatic N) is 2. The summed E-state index contributed by atoms with van der Waals surface area (Å²) in [5.41, 5.74) is 2.15. The molecule has 0 amide bonds. The number of aromatic nitrogens is 2. The van der Waals surface area contributed by atoms with Crippen molar-refractivity contribution in [2.75, 3.05) is 13.7 Å². The van der Waals surface area contributed by atoms with Crippen LogP contribution in [0.15, 0.2) is 16.8 Å². The Kier molecular flexibility index (Phi) is 5.03. The van der Waals surface area contributed by atoms with Crippen LogP contribution in [0.4, 0.5) is 0 Å². The smallest absolute Gasteiger partial charge is 0.216 e. The van der Waals surface area contributed by atoms with E-state index in [0.29, 0.717) is 13.1 Å². The van der Waals surface area contributed by atoms with E-state index < -0.39 is 5.60 Å². The van der Waals surface area contributed by atoms with Crippen LogP contribution < -0.4 is 10.1 Å². The molecule has 5 nitrogen and oxygen atoms in total. The summed E-state index contributed by atoms with van der Waals surface area (Å²) >= 11 is 1.59. The number of aryl methyl sites for hydroxylation is 2. The lowest BCUT2D eigenvalue weighted by Crippen LogP contribution is -2.34. The number of thiophene rings is 1. The van der Waals surface area contributed by atoms with Gasteiger partial charge in [0, 0.05) is 20.1 Å². The average molecular weight is 309 g/mol. The molecular formula is C15H23N3O2S. The minimum Gasteiger partial charge on any atom is -0.481 e. The maximum absolute atomic E-state index is 10.5. The fourth-order valence-corrected chi connectivity index (χ4v) is 3.21. The van der Waals surface area contributed by atoms with Crippen LogP contribution in [-0.2, 0) is 25.6 Å². The Bertz CT molecular complexity index is 576. The van der Waals surface area contributed by atoms with Crippen LogP contribution in [0.5, 0.6) is 5.88 Å². The molecule has 116 valence electrons. The number of aliphatic hydroxyl groups is 1. The third-order valence-corrected chi connectivity index (χ3v) is 4.30. The summed E-state index contributed by atoms with van der Waals surface area (Å²) in [7, 11) is 3.53. The third-order valence-electron chi connectivity index (χ3n) is 3.61. The Morgan fingerprint density at radius 1 is 1.52 bits per heavy atom. The molecule has 2 aromatic heterocycles. The lowest BCUT2D eigenvalue weighted by atomic mass is 9.99. The first kappa shape index (κ1) is 16.0. The van der Waals surface area contributed by atoms with Gasteiger partial charge in [-0.25, -0.2) is 4.68 Å². The van der Waals surface area contributed by atoms with E-state index in [0.717, 1.165) is 29.1 Å². The standard InChI is InChI=1S/C15H23N3O2S/c1-5-13-12(14(20-4)18(3)17-13)8-16-10-15(2,19)11-6-7-21-9-11/h6-7,9,16,19H,5,8,10H2,1-4H3. The lowest BCUT2D eigenvalue weighted by molar-refractivity contribution is 0.0570. The Balaban J connectivity index is 2.04. The van der Waals surface area contributed by atoms with Gasteiger partial charge in [0.25, 0.3) is 0 Å². The molecule has 0 aliphatic carbocycles. The van der Waals surface area contributed by atoms with E-state index in [9.17, 15) is 5.11 Å². The molecule has 0 aromatic carbocycles. The minimum atomic E-state index is -0.873. The van der Waals surface area contributed by atoms with Gasteiger partial charge in [-0.3, -0.25) is 0 Å². The summed E-state index contributed by atoms with van der Waals surface area (Å²) in [5, 5.41) is 22.2. The summed E-state index contributed by atoms with van der Waals surface area (Å²) in [4.78, 5) is 0. The molecular weight excluding hydrogens is 286 g/mol. The largest absolute Gasteiger partial charge is 0.481 e. The molecule has 0 fully saturated rings. The van der Waals surface area contributed by atoms with Crippen LogP contribution in [0.1, 0.15) is 30.7 Å². The topological polar surface area (TPSA) is 59.3 Å². The second-order valence-electron chi connectivity index (χ2n) is 5.30. The van der Waals surface area contributed by atoms with Crippen molar-refractivity contribution in [3.8, 4) is 5.88 Å². The quantitative estimate of drug-likeness (QED) is 0.822. The highest BCUT2D eigenvalue weighted by molar-refractivity contribution is 7.08. The van der Waals surface area contributed by atoms with E-state index in [-0.39, 0.29) is 0 Å². The molecule has 21 heavy (non-hydrogen) atoms. The summed E-state index contributed by atoms with van der Waals surface area (Å²) in [6.07, 6.45) is 0.856. The second kappa shape index (κ2) is 6.60. The van der Waals surface area contributed by atoms with E-state index in [1.54, 1.807) is 23.1 Å². The van der Waals surface area contributed by atoms with E-state index in [1.165, 1.54) is 0 Å². The number of rotatable bonds is 7. The molecule has 0 spiro atoms. The SMILES string of the molecule is CCc1nn(C)c(OC)c1CNCC(C)(O)c1ccsc1. The highest BCUT2D eigenvalue weighted by Crippen LogP contribution is 2.24. The van der Waals surface area contributed by atoms with Gasteiger partial charge in [0.15, 0.2) is 0 Å². The predicted molar refractivity (Wildman–Crippen MR) is 84.7 cm³/mol. The number of methoxy groups -OCH3 is 1. The molecule has 6 heteroatoms. The Hall–Kier alpha value is -1.37. The van der Waals surface area contributed by atoms with Crippen molar-refractivity contribution in [1.82, 2.24) is 15.1 Å². The number of hydrogen-bond acceptors (Lipinski definition) is 5. The Morgan fingerprint density at radius 2 is 2.29 bits per heavy atom. The van der Waals surface area contributed by atoms with Crippen LogP contribution in [0, 0.1) is 0 Å². The molecule has 2 aromatic rings. The normalized spacial score (nSPS) is 14.1. The maximum Gasteiger partial charge on any atom is 0.216 e. The molecule has 0 saturated heterocycles. The fourth-order valence-electron chi connectivity index (χ4n) is 2.43. The number of nitrogens with one attached hydrogen (secondary N) is 1. The highest BCUT2D eigenvalue weighted by Gasteiger charge is 2.24. The van der Waals surface area contributed by atoms with E-state index in [1.807, 2.05) is 30.8 Å². The van der Waals surface area contributed by atoms with Gasteiger partial charge in [-0.2, -0.15) is 16.4 Å². The molecule has 1 unspecified atom stereocenters. The van der Waals surface area contributed by atoms with Crippen molar-refractivity contribution < 1.29 is 9.84 Å². The number of ether oxygens (including phenoxy) is 1. The first-order chi connectivity index (χ1) is 9.99. The second-order valence-corrected chi connectivity index (χ2v) is 6.08. The summed E-state index contributed by atoms with van der Waals surface area (Å²) in [5.74, 6) is 0.773. The Labute approximate surface area is 129 Å². The van der Waals surface area contributed by atoms with Crippen molar-refractivity contribution in [2.45, 2.75) is 32.4 Å². The van der Waals surface area contributed by atoms with Crippen LogP contribution >= 0.6 is 11.3 Å². The molecule has 1 atom stereocenters. The van der Waals surface area contributed by atoms with E-state index >= 15 is 0 Å². The van der Waals surface area contributed by atoms with Gasteiger partial charge in [-0.05, 0) is 35.7 Å². The van der Waals surface area contributed by atoms with Gasteiger partial charge < -0.3 is 15.2 Å². The van der Waals surface area contributed by atoms with Gasteiger partial charge >= 0.3 is 0 Å². The zero-order valence-corrected chi connectivity index (χ0v) is 13.8. The Morgan fingerprint density at radius 3 is 2.86 bits per heavy atom. The zero-order valence-electron chi connectivity index (χ0n) is 13.0. The summed E-state index contributed by atoms with van der Waals surface area (Å²) in [6.45, 7) is 5.00. The summed E-state index contributed by atoms with van der Waals surface area (Å²) in [6, 6.07) is 1.95. The molecule has 0 radical (unpaired) electrons. The maximum atomic E-state index is 10.5. The van der Waals surface area contributed by atoms with Crippen LogP contribution in [0.3, 0.4) is 0 Å². The first-order valence-electron chi connectivity index (χ1n) is 7.04. The van der Waals surface area contributed by atoms with Crippen molar-refractivity contribution in [3.05, 3.63) is 33.6 Å². The predicted octanol–water partition coefficient (Wildman–Crippen LogP) is 2.05. The molecule has 2 N–H and O–H groups in total. The van der Waals surface area contributed by atoms with Gasteiger partial charge in [-0.1, -0.05) is 6.92 Å². The molecule has 0 aliphatic rings. The molecule has 0 aliphatic heterocycles. The van der Waals surface area contributed by atoms with Crippen LogP contribution in [0.25, 0.3) is 0 Å². The third kappa shape index (κ3) is 3.45. The fraction of sp³-hybridized carbons (Fsp3) is 0.533. The minimum absolute atomic E-state index is 0.477. The van der Waals surface area contributed by atoms with E-state index in [4.69, 9.17) is 4.74 Å². The van der Waals surface area contributed by atoms with Gasteiger partial charge in [0.2, 0.25) is 5.88 Å². The van der Waals surface area contributed by atoms with Gasteiger partial charge in [-0.15, -0.1) is 0 Å². The highest BCUT2D eigenvalue weighted by atomic mass is 32.1. The van der Waals surface area contributed by atoms with Crippen molar-refractivity contribution in [1.29, 1.82) is 0 Å². The van der Waals surface area contributed by atoms with E-state index in [2.05, 4.69) is 17.3 Å². The van der Waals surface area contributed by atoms with Crippen molar-refractivity contribution in [3.63, 3.8) is 0 Å². The molecule has 0 bridgehead atoms. The van der Waals surface area contributed by atoms with Crippen LogP contribution in [-0.4, -0.2) is 28.5 Å². The van der Waals surface area contributed by atoms with Crippen molar-refractivity contribution in [2.24, 2.45) is 7.05 Å². The average Bonchev–Trinajstić information content (AvgIpc) is 3.07. The van der Waals surface area contributed by atoms with Crippen molar-refractivity contribution >= 4 is 11.3 Å². The first-order valence-corrected chi connectivity index (χ1v) is 7.98. The number of hydrogen-bond donors (Lipinski definition) is 2. The van der Waals surface area contributed by atoms with Gasteiger partial charge in [0.05, 0.1) is 24.0 Å². The zero-order chi connectivity index (χ0) is 15.5. The monoisotopic (exact) mass is 309 g/mol. The molecule has 2 rings (SSSR count). The molecule has 2 heterocycles. The molecule has 0 saturated carbocycles. The van der Waals surface area contributed by atoms with Crippen LogP contribution in [0.2, 0.25) is 0 Å².